The molecule has 0 saturated carbocycles. The molecule has 2 aromatic rings. The fourth-order valence-corrected chi connectivity index (χ4v) is 2.75. The average molecular weight is 364 g/mol. The second kappa shape index (κ2) is 9.30. The number of benzene rings is 2. The van der Waals surface area contributed by atoms with Crippen molar-refractivity contribution in [2.45, 2.75) is 13.5 Å². The lowest BCUT2D eigenvalue weighted by Crippen LogP contribution is -2.33. The topological polar surface area (TPSA) is 59.0 Å². The maximum atomic E-state index is 12.9. The summed E-state index contributed by atoms with van der Waals surface area (Å²) in [6.45, 7) is 2.78. The number of carbonyl (C=O) groups excluding carboxylic acids is 1. The van der Waals surface area contributed by atoms with Crippen LogP contribution in [0.5, 0.6) is 11.5 Å². The number of hydrogen-bond donors (Lipinski definition) is 1. The van der Waals surface area contributed by atoms with Gasteiger partial charge in [-0.2, -0.15) is 0 Å². The number of aliphatic hydroxyl groups is 1. The van der Waals surface area contributed by atoms with Crippen LogP contribution in [-0.4, -0.2) is 42.8 Å². The van der Waals surface area contributed by atoms with E-state index in [9.17, 15) is 9.90 Å². The molecule has 1 N–H and O–H groups in total. The van der Waals surface area contributed by atoms with Gasteiger partial charge in [0.25, 0.3) is 5.91 Å². The van der Waals surface area contributed by atoms with Crippen molar-refractivity contribution in [1.82, 2.24) is 4.90 Å². The number of nitrogens with zero attached hydrogens (tertiary/aromatic N) is 1. The Morgan fingerprint density at radius 2 is 1.96 bits per heavy atom. The average Bonchev–Trinajstić information content (AvgIpc) is 2.63. The number of methoxy groups -OCH3 is 1. The Morgan fingerprint density at radius 1 is 1.24 bits per heavy atom. The van der Waals surface area contributed by atoms with Crippen LogP contribution in [0.2, 0.25) is 5.02 Å². The summed E-state index contributed by atoms with van der Waals surface area (Å²) < 4.78 is 10.8. The standard InChI is InChI=1S/C19H22ClNO4/c1-3-25-18-16(20)11-15(12-17(18)24-2)19(23)21(9-10-22)13-14-7-5-4-6-8-14/h4-8,11-12,22H,3,9-10,13H2,1-2H3. The van der Waals surface area contributed by atoms with Crippen molar-refractivity contribution in [2.24, 2.45) is 0 Å². The monoisotopic (exact) mass is 363 g/mol. The number of rotatable bonds is 8. The van der Waals surface area contributed by atoms with Crippen molar-refractivity contribution in [3.05, 3.63) is 58.6 Å². The lowest BCUT2D eigenvalue weighted by atomic mass is 10.1. The molecule has 0 aromatic heterocycles. The molecule has 0 atom stereocenters. The summed E-state index contributed by atoms with van der Waals surface area (Å²) in [6, 6.07) is 12.8. The van der Waals surface area contributed by atoms with E-state index in [2.05, 4.69) is 0 Å². The minimum Gasteiger partial charge on any atom is -0.493 e. The summed E-state index contributed by atoms with van der Waals surface area (Å²) >= 11 is 6.25. The van der Waals surface area contributed by atoms with Crippen LogP contribution in [0, 0.1) is 0 Å². The van der Waals surface area contributed by atoms with E-state index in [4.69, 9.17) is 21.1 Å². The van der Waals surface area contributed by atoms with E-state index in [0.29, 0.717) is 35.2 Å². The van der Waals surface area contributed by atoms with E-state index < -0.39 is 0 Å². The predicted molar refractivity (Wildman–Crippen MR) is 97.4 cm³/mol. The fourth-order valence-electron chi connectivity index (χ4n) is 2.49. The van der Waals surface area contributed by atoms with E-state index in [1.807, 2.05) is 37.3 Å². The van der Waals surface area contributed by atoms with Gasteiger partial charge in [0.05, 0.1) is 25.3 Å². The van der Waals surface area contributed by atoms with Gasteiger partial charge in [-0.1, -0.05) is 41.9 Å². The van der Waals surface area contributed by atoms with Crippen molar-refractivity contribution < 1.29 is 19.4 Å². The van der Waals surface area contributed by atoms with Crippen LogP contribution in [-0.2, 0) is 6.54 Å². The van der Waals surface area contributed by atoms with E-state index >= 15 is 0 Å². The summed E-state index contributed by atoms with van der Waals surface area (Å²) in [5.41, 5.74) is 1.36. The zero-order valence-corrected chi connectivity index (χ0v) is 15.1. The first-order valence-corrected chi connectivity index (χ1v) is 8.42. The zero-order valence-electron chi connectivity index (χ0n) is 14.4. The smallest absolute Gasteiger partial charge is 0.254 e. The highest BCUT2D eigenvalue weighted by Crippen LogP contribution is 2.36. The van der Waals surface area contributed by atoms with Gasteiger partial charge in [-0.25, -0.2) is 0 Å². The van der Waals surface area contributed by atoms with Crippen LogP contribution in [0.15, 0.2) is 42.5 Å². The lowest BCUT2D eigenvalue weighted by molar-refractivity contribution is 0.0707. The van der Waals surface area contributed by atoms with Gasteiger partial charge in [0.2, 0.25) is 0 Å². The molecule has 0 unspecified atom stereocenters. The summed E-state index contributed by atoms with van der Waals surface area (Å²) in [4.78, 5) is 14.5. The zero-order chi connectivity index (χ0) is 18.2. The maximum absolute atomic E-state index is 12.9. The van der Waals surface area contributed by atoms with Crippen molar-refractivity contribution in [3.8, 4) is 11.5 Å². The number of ether oxygens (including phenoxy) is 2. The van der Waals surface area contributed by atoms with Gasteiger partial charge in [0, 0.05) is 18.7 Å². The Balaban J connectivity index is 2.30. The number of carbonyl (C=O) groups is 1. The largest absolute Gasteiger partial charge is 0.493 e. The van der Waals surface area contributed by atoms with Gasteiger partial charge in [0.15, 0.2) is 11.5 Å². The molecule has 6 heteroatoms. The first kappa shape index (κ1) is 19.1. The molecule has 0 aliphatic heterocycles. The van der Waals surface area contributed by atoms with Gasteiger partial charge in [-0.05, 0) is 24.6 Å². The molecule has 0 saturated heterocycles. The van der Waals surface area contributed by atoms with Gasteiger partial charge in [0.1, 0.15) is 0 Å². The molecular formula is C19H22ClNO4. The van der Waals surface area contributed by atoms with E-state index in [0.717, 1.165) is 5.56 Å². The lowest BCUT2D eigenvalue weighted by Gasteiger charge is -2.23. The van der Waals surface area contributed by atoms with Crippen LogP contribution >= 0.6 is 11.6 Å². The fraction of sp³-hybridized carbons (Fsp3) is 0.316. The first-order valence-electron chi connectivity index (χ1n) is 8.05. The van der Waals surface area contributed by atoms with Crippen LogP contribution in [0.3, 0.4) is 0 Å². The van der Waals surface area contributed by atoms with Crippen LogP contribution < -0.4 is 9.47 Å². The Bertz CT molecular complexity index is 706. The second-order valence-corrected chi connectivity index (χ2v) is 5.77. The first-order chi connectivity index (χ1) is 12.1. The molecule has 2 aromatic carbocycles. The third-order valence-corrected chi connectivity index (χ3v) is 3.92. The molecule has 25 heavy (non-hydrogen) atoms. The van der Waals surface area contributed by atoms with Gasteiger partial charge >= 0.3 is 0 Å². The molecule has 0 radical (unpaired) electrons. The highest BCUT2D eigenvalue weighted by Gasteiger charge is 2.20. The number of amides is 1. The highest BCUT2D eigenvalue weighted by molar-refractivity contribution is 6.32. The highest BCUT2D eigenvalue weighted by atomic mass is 35.5. The van der Waals surface area contributed by atoms with Gasteiger partial charge < -0.3 is 19.5 Å². The van der Waals surface area contributed by atoms with Gasteiger partial charge in [-0.15, -0.1) is 0 Å². The van der Waals surface area contributed by atoms with Crippen molar-refractivity contribution in [3.63, 3.8) is 0 Å². The predicted octanol–water partition coefficient (Wildman–Crippen LogP) is 3.38. The number of aliphatic hydroxyl groups excluding tert-OH is 1. The molecule has 1 amide bonds. The molecule has 0 heterocycles. The van der Waals surface area contributed by atoms with Crippen LogP contribution in [0.25, 0.3) is 0 Å². The molecule has 0 aliphatic rings. The van der Waals surface area contributed by atoms with Crippen molar-refractivity contribution in [1.29, 1.82) is 0 Å². The Hall–Kier alpha value is -2.24. The van der Waals surface area contributed by atoms with Crippen LogP contribution in [0.4, 0.5) is 0 Å². The minimum absolute atomic E-state index is 0.125. The number of halogens is 1. The molecule has 134 valence electrons. The van der Waals surface area contributed by atoms with E-state index in [-0.39, 0.29) is 19.1 Å². The van der Waals surface area contributed by atoms with Gasteiger partial charge in [-0.3, -0.25) is 4.79 Å². The van der Waals surface area contributed by atoms with Crippen molar-refractivity contribution >= 4 is 17.5 Å². The summed E-state index contributed by atoms with van der Waals surface area (Å²) in [7, 11) is 1.50. The summed E-state index contributed by atoms with van der Waals surface area (Å²) in [5, 5.41) is 9.63. The molecular weight excluding hydrogens is 342 g/mol. The molecule has 0 aliphatic carbocycles. The Kier molecular flexibility index (Phi) is 7.10. The molecule has 2 rings (SSSR count). The minimum atomic E-state index is -0.235. The normalized spacial score (nSPS) is 10.4. The quantitative estimate of drug-likeness (QED) is 0.781. The van der Waals surface area contributed by atoms with Crippen molar-refractivity contribution in [2.75, 3.05) is 26.9 Å². The number of hydrogen-bond acceptors (Lipinski definition) is 4. The van der Waals surface area contributed by atoms with E-state index in [1.165, 1.54) is 7.11 Å². The molecule has 0 fully saturated rings. The third-order valence-electron chi connectivity index (χ3n) is 3.64. The molecule has 0 spiro atoms. The second-order valence-electron chi connectivity index (χ2n) is 5.36. The molecule has 5 nitrogen and oxygen atoms in total. The SMILES string of the molecule is CCOc1c(Cl)cc(C(=O)N(CCO)Cc2ccccc2)cc1OC. The van der Waals surface area contributed by atoms with E-state index in [1.54, 1.807) is 17.0 Å². The summed E-state index contributed by atoms with van der Waals surface area (Å²) in [6.07, 6.45) is 0. The summed E-state index contributed by atoms with van der Waals surface area (Å²) in [5.74, 6) is 0.586. The maximum Gasteiger partial charge on any atom is 0.254 e. The van der Waals surface area contributed by atoms with Crippen LogP contribution in [0.1, 0.15) is 22.8 Å². The third kappa shape index (κ3) is 4.87. The Labute approximate surface area is 152 Å². The Morgan fingerprint density at radius 3 is 2.56 bits per heavy atom. The molecule has 0 bridgehead atoms.